The highest BCUT2D eigenvalue weighted by molar-refractivity contribution is 6.67. The van der Waals surface area contributed by atoms with E-state index < -0.39 is 36.6 Å². The van der Waals surface area contributed by atoms with E-state index in [-0.39, 0.29) is 0 Å². The van der Waals surface area contributed by atoms with E-state index >= 15 is 0 Å². The molecular weight excluding hydrogens is 686 g/mol. The maximum absolute atomic E-state index is 6.82. The van der Waals surface area contributed by atoms with Gasteiger partial charge in [-0.25, -0.2) is 0 Å². The van der Waals surface area contributed by atoms with Gasteiger partial charge >= 0.3 is 14.2 Å². The Balaban J connectivity index is 0.00000295. The predicted molar refractivity (Wildman–Crippen MR) is 245 cm³/mol. The highest BCUT2D eigenvalue weighted by atomic mass is 16.7. The van der Waals surface area contributed by atoms with E-state index in [0.29, 0.717) is 11.8 Å². The zero-order valence-corrected chi connectivity index (χ0v) is 38.6. The summed E-state index contributed by atoms with van der Waals surface area (Å²) in [6, 6.07) is 14.4. The van der Waals surface area contributed by atoms with Gasteiger partial charge in [-0.3, -0.25) is 0 Å². The molecule has 56 heavy (non-hydrogen) atoms. The van der Waals surface area contributed by atoms with Crippen molar-refractivity contribution in [2.24, 2.45) is 23.7 Å². The number of benzene rings is 4. The molecule has 0 aliphatic carbocycles. The number of hydrogen-bond acceptors (Lipinski definition) is 4. The molecule has 0 spiro atoms. The van der Waals surface area contributed by atoms with Gasteiger partial charge in [0, 0.05) is 0 Å². The van der Waals surface area contributed by atoms with Crippen LogP contribution in [0.4, 0.5) is 0 Å². The van der Waals surface area contributed by atoms with Crippen LogP contribution in [0.5, 0.6) is 0 Å². The second-order valence-electron chi connectivity index (χ2n) is 20.4. The van der Waals surface area contributed by atoms with Crippen LogP contribution in [-0.4, -0.2) is 36.6 Å². The second-order valence-corrected chi connectivity index (χ2v) is 20.4. The molecule has 2 aliphatic rings. The first-order valence-corrected chi connectivity index (χ1v) is 22.7. The third-order valence-corrected chi connectivity index (χ3v) is 13.9. The molecule has 6 rings (SSSR count). The molecule has 4 aromatic carbocycles. The van der Waals surface area contributed by atoms with E-state index in [4.69, 9.17) is 18.6 Å². The lowest BCUT2D eigenvalue weighted by Gasteiger charge is -2.32. The lowest BCUT2D eigenvalue weighted by Crippen LogP contribution is -2.41. The van der Waals surface area contributed by atoms with Gasteiger partial charge < -0.3 is 18.6 Å². The van der Waals surface area contributed by atoms with Crippen molar-refractivity contribution in [1.29, 1.82) is 0 Å². The van der Waals surface area contributed by atoms with Crippen molar-refractivity contribution < 1.29 is 18.6 Å². The van der Waals surface area contributed by atoms with E-state index in [9.17, 15) is 0 Å². The van der Waals surface area contributed by atoms with E-state index in [1.807, 2.05) is 13.8 Å². The molecule has 0 bridgehead atoms. The number of rotatable bonds is 16. The average Bonchev–Trinajstić information content (AvgIpc) is 3.48. The molecule has 2 fully saturated rings. The van der Waals surface area contributed by atoms with Crippen LogP contribution in [0.3, 0.4) is 0 Å². The van der Waals surface area contributed by atoms with Gasteiger partial charge in [0.2, 0.25) is 0 Å². The Labute approximate surface area is 343 Å². The lowest BCUT2D eigenvalue weighted by molar-refractivity contribution is 0.00578. The van der Waals surface area contributed by atoms with E-state index in [2.05, 4.69) is 133 Å². The normalized spacial score (nSPS) is 19.8. The van der Waals surface area contributed by atoms with Crippen molar-refractivity contribution in [2.75, 3.05) is 0 Å². The highest BCUT2D eigenvalue weighted by Gasteiger charge is 2.53. The van der Waals surface area contributed by atoms with Crippen LogP contribution in [0.2, 0.25) is 0 Å². The van der Waals surface area contributed by atoms with Gasteiger partial charge in [0.25, 0.3) is 0 Å². The van der Waals surface area contributed by atoms with E-state index in [0.717, 1.165) is 35.6 Å². The highest BCUT2D eigenvalue weighted by Crippen LogP contribution is 2.43. The van der Waals surface area contributed by atoms with Crippen molar-refractivity contribution in [3.63, 3.8) is 0 Å². The summed E-state index contributed by atoms with van der Waals surface area (Å²) >= 11 is 0. The molecular formula is C50H78B2O4. The largest absolute Gasteiger partial charge is 0.495 e. The van der Waals surface area contributed by atoms with Crippen molar-refractivity contribution in [3.05, 3.63) is 47.5 Å². The predicted octanol–water partition coefficient (Wildman–Crippen LogP) is 13.0. The Hall–Kier alpha value is -2.11. The van der Waals surface area contributed by atoms with Gasteiger partial charge in [0.05, 0.1) is 22.4 Å². The van der Waals surface area contributed by atoms with E-state index in [1.165, 1.54) is 94.8 Å². The minimum absolute atomic E-state index is 0.421. The molecule has 0 aromatic heterocycles. The fraction of sp³-hybridized carbons (Fsp3) is 0.680. The van der Waals surface area contributed by atoms with Crippen LogP contribution in [-0.2, 0) is 31.5 Å². The van der Waals surface area contributed by atoms with Crippen molar-refractivity contribution in [1.82, 2.24) is 0 Å². The Bertz CT molecular complexity index is 1740. The van der Waals surface area contributed by atoms with Crippen LogP contribution in [0.15, 0.2) is 36.4 Å². The van der Waals surface area contributed by atoms with Gasteiger partial charge in [-0.15, -0.1) is 0 Å². The maximum Gasteiger partial charge on any atom is 0.495 e. The number of aryl methyl sites for hydroxylation is 2. The van der Waals surface area contributed by atoms with Crippen molar-refractivity contribution in [2.45, 2.75) is 197 Å². The summed E-state index contributed by atoms with van der Waals surface area (Å²) < 4.78 is 27.3. The summed E-state index contributed by atoms with van der Waals surface area (Å²) in [6.07, 6.45) is 12.2. The van der Waals surface area contributed by atoms with Crippen LogP contribution in [0, 0.1) is 23.7 Å². The molecule has 6 heteroatoms. The summed E-state index contributed by atoms with van der Waals surface area (Å²) in [5.74, 6) is 2.87. The first-order valence-electron chi connectivity index (χ1n) is 22.7. The first kappa shape index (κ1) is 45.0. The molecule has 2 unspecified atom stereocenters. The van der Waals surface area contributed by atoms with Crippen LogP contribution < -0.4 is 10.9 Å². The molecule has 308 valence electrons. The summed E-state index contributed by atoms with van der Waals surface area (Å²) in [4.78, 5) is 0. The topological polar surface area (TPSA) is 36.9 Å². The van der Waals surface area contributed by atoms with Crippen LogP contribution >= 0.6 is 0 Å². The fourth-order valence-electron chi connectivity index (χ4n) is 8.78. The smallest absolute Gasteiger partial charge is 0.399 e. The Morgan fingerprint density at radius 1 is 0.446 bits per heavy atom. The summed E-state index contributed by atoms with van der Waals surface area (Å²) in [6.45, 7) is 35.5. The second kappa shape index (κ2) is 17.6. The standard InChI is InChI=1S/C48H72B2O4.C2H6/c1-31(2)17-15-19-33(5)21-23-35-29-41(49-51-45(7,8)46(9,10)52-49)39-28-26-38-36(24-22-34(6)20-16-18-32(3)4)30-42(40-27-25-37(35)43(39)44(38)40)50-53-47(11,12)48(13,14)54-50;1-2/h25-34H,15-24H2,1-14H3;1-2H3. The van der Waals surface area contributed by atoms with Gasteiger partial charge in [-0.1, -0.05) is 130 Å². The minimum atomic E-state index is -0.435. The van der Waals surface area contributed by atoms with Gasteiger partial charge in [0.1, 0.15) is 0 Å². The quantitative estimate of drug-likeness (QED) is 0.0841. The summed E-state index contributed by atoms with van der Waals surface area (Å²) in [5.41, 5.74) is 3.42. The Morgan fingerprint density at radius 2 is 0.750 bits per heavy atom. The maximum atomic E-state index is 6.82. The first-order chi connectivity index (χ1) is 26.2. The summed E-state index contributed by atoms with van der Waals surface area (Å²) in [7, 11) is -0.869. The van der Waals surface area contributed by atoms with Gasteiger partial charge in [-0.2, -0.15) is 0 Å². The Morgan fingerprint density at radius 3 is 1.05 bits per heavy atom. The molecule has 2 atom stereocenters. The third kappa shape index (κ3) is 9.35. The number of hydrogen-bond donors (Lipinski definition) is 0. The summed E-state index contributed by atoms with van der Waals surface area (Å²) in [5, 5.41) is 7.85. The zero-order chi connectivity index (χ0) is 41.4. The average molecular weight is 765 g/mol. The molecule has 2 heterocycles. The van der Waals surface area contributed by atoms with Gasteiger partial charge in [-0.05, 0) is 159 Å². The van der Waals surface area contributed by atoms with Crippen LogP contribution in [0.25, 0.3) is 32.3 Å². The third-order valence-electron chi connectivity index (χ3n) is 13.9. The molecule has 0 radical (unpaired) electrons. The molecule has 2 saturated heterocycles. The Kier molecular flexibility index (Phi) is 14.2. The molecule has 4 nitrogen and oxygen atoms in total. The molecule has 2 aliphatic heterocycles. The van der Waals surface area contributed by atoms with Crippen molar-refractivity contribution in [3.8, 4) is 0 Å². The van der Waals surface area contributed by atoms with Crippen molar-refractivity contribution >= 4 is 57.5 Å². The van der Waals surface area contributed by atoms with Gasteiger partial charge in [0.15, 0.2) is 0 Å². The zero-order valence-electron chi connectivity index (χ0n) is 38.6. The van der Waals surface area contributed by atoms with E-state index in [1.54, 1.807) is 0 Å². The monoisotopic (exact) mass is 765 g/mol. The SMILES string of the molecule is CC.CC(C)CCCC(C)CCc1cc(B2OC(C)(C)C(C)(C)O2)c2ccc3c(CCC(C)CCCC(C)C)cc(B4OC(C)(C)C(C)(C)O4)c4ccc1c2c34. The molecule has 0 amide bonds. The lowest BCUT2D eigenvalue weighted by atomic mass is 9.70. The fourth-order valence-corrected chi connectivity index (χ4v) is 8.78. The molecule has 0 saturated carbocycles. The molecule has 4 aromatic rings. The molecule has 0 N–H and O–H groups in total. The van der Waals surface area contributed by atoms with Crippen LogP contribution in [0.1, 0.15) is 173 Å². The minimum Gasteiger partial charge on any atom is -0.399 e.